The minimum Gasteiger partial charge on any atom is -0.352 e. The number of amides is 1. The number of Topliss-reactive ketones (excluding diaryl/α,β-unsaturated/α-hetero) is 1. The van der Waals surface area contributed by atoms with Crippen LogP contribution < -0.4 is 11.1 Å². The topological polar surface area (TPSA) is 72.2 Å². The molecule has 0 aliphatic heterocycles. The Bertz CT molecular complexity index is 441. The standard InChI is InChI=1S/C15H20N2O2/c16-10-13(11-6-7-11)17-15(19)9-8-14(18)12-4-2-1-3-5-12/h1-5,11,13H,6-10,16H2,(H,17,19). The van der Waals surface area contributed by atoms with Gasteiger partial charge in [0.15, 0.2) is 5.78 Å². The van der Waals surface area contributed by atoms with Crippen LogP contribution in [0.5, 0.6) is 0 Å². The van der Waals surface area contributed by atoms with Gasteiger partial charge in [0.25, 0.3) is 0 Å². The number of carbonyl (C=O) groups is 2. The van der Waals surface area contributed by atoms with Crippen molar-refractivity contribution in [3.05, 3.63) is 35.9 Å². The number of nitrogens with two attached hydrogens (primary N) is 1. The second kappa shape index (κ2) is 6.48. The maximum Gasteiger partial charge on any atom is 0.220 e. The number of benzene rings is 1. The third kappa shape index (κ3) is 4.17. The number of ketones is 1. The fourth-order valence-electron chi connectivity index (χ4n) is 2.14. The molecule has 1 aromatic carbocycles. The molecule has 2 rings (SSSR count). The summed E-state index contributed by atoms with van der Waals surface area (Å²) in [5.74, 6) is 0.469. The molecule has 1 aliphatic carbocycles. The zero-order chi connectivity index (χ0) is 13.7. The first kappa shape index (κ1) is 13.7. The molecule has 1 unspecified atom stereocenters. The van der Waals surface area contributed by atoms with E-state index in [-0.39, 0.29) is 30.6 Å². The van der Waals surface area contributed by atoms with E-state index in [0.717, 1.165) is 12.8 Å². The number of hydrogen-bond donors (Lipinski definition) is 2. The maximum atomic E-state index is 11.8. The van der Waals surface area contributed by atoms with Crippen LogP contribution >= 0.6 is 0 Å². The second-order valence-corrected chi connectivity index (χ2v) is 5.04. The van der Waals surface area contributed by atoms with Gasteiger partial charge in [-0.1, -0.05) is 30.3 Å². The van der Waals surface area contributed by atoms with Gasteiger partial charge < -0.3 is 11.1 Å². The lowest BCUT2D eigenvalue weighted by Crippen LogP contribution is -2.41. The van der Waals surface area contributed by atoms with E-state index in [1.54, 1.807) is 12.1 Å². The molecule has 0 aromatic heterocycles. The average Bonchev–Trinajstić information content (AvgIpc) is 3.27. The molecule has 0 heterocycles. The van der Waals surface area contributed by atoms with Gasteiger partial charge in [-0.25, -0.2) is 0 Å². The molecule has 4 heteroatoms. The Balaban J connectivity index is 1.75. The minimum atomic E-state index is -0.0772. The summed E-state index contributed by atoms with van der Waals surface area (Å²) in [6.07, 6.45) is 2.77. The summed E-state index contributed by atoms with van der Waals surface area (Å²) >= 11 is 0. The van der Waals surface area contributed by atoms with E-state index in [4.69, 9.17) is 5.73 Å². The summed E-state index contributed by atoms with van der Waals surface area (Å²) in [6, 6.07) is 9.14. The molecule has 0 saturated heterocycles. The highest BCUT2D eigenvalue weighted by Crippen LogP contribution is 2.32. The third-order valence-electron chi connectivity index (χ3n) is 3.47. The largest absolute Gasteiger partial charge is 0.352 e. The lowest BCUT2D eigenvalue weighted by Gasteiger charge is -2.15. The number of nitrogens with one attached hydrogen (secondary N) is 1. The van der Waals surface area contributed by atoms with Crippen LogP contribution in [0.25, 0.3) is 0 Å². The fourth-order valence-corrected chi connectivity index (χ4v) is 2.14. The molecular weight excluding hydrogens is 240 g/mol. The summed E-state index contributed by atoms with van der Waals surface area (Å²) in [5, 5.41) is 2.92. The van der Waals surface area contributed by atoms with Crippen LogP contribution in [0.15, 0.2) is 30.3 Å². The molecule has 4 nitrogen and oxygen atoms in total. The Labute approximate surface area is 113 Å². The van der Waals surface area contributed by atoms with Gasteiger partial charge in [-0.3, -0.25) is 9.59 Å². The van der Waals surface area contributed by atoms with Gasteiger partial charge in [0, 0.05) is 31.0 Å². The molecule has 0 radical (unpaired) electrons. The Hall–Kier alpha value is -1.68. The van der Waals surface area contributed by atoms with Crippen LogP contribution in [-0.4, -0.2) is 24.3 Å². The molecule has 1 atom stereocenters. The van der Waals surface area contributed by atoms with Crippen molar-refractivity contribution < 1.29 is 9.59 Å². The highest BCUT2D eigenvalue weighted by Gasteiger charge is 2.31. The Morgan fingerprint density at radius 2 is 1.89 bits per heavy atom. The molecular formula is C15H20N2O2. The molecule has 1 fully saturated rings. The Kier molecular flexibility index (Phi) is 4.68. The normalized spacial score (nSPS) is 15.8. The highest BCUT2D eigenvalue weighted by molar-refractivity contribution is 5.97. The number of rotatable bonds is 7. The van der Waals surface area contributed by atoms with Gasteiger partial charge in [-0.2, -0.15) is 0 Å². The molecule has 0 spiro atoms. The number of hydrogen-bond acceptors (Lipinski definition) is 3. The van der Waals surface area contributed by atoms with Crippen molar-refractivity contribution in [3.63, 3.8) is 0 Å². The van der Waals surface area contributed by atoms with Gasteiger partial charge in [0.05, 0.1) is 0 Å². The summed E-state index contributed by atoms with van der Waals surface area (Å²) in [4.78, 5) is 23.6. The summed E-state index contributed by atoms with van der Waals surface area (Å²) < 4.78 is 0. The van der Waals surface area contributed by atoms with Crippen molar-refractivity contribution in [1.29, 1.82) is 0 Å². The average molecular weight is 260 g/mol. The van der Waals surface area contributed by atoms with E-state index in [1.807, 2.05) is 18.2 Å². The molecule has 3 N–H and O–H groups in total. The first-order valence-electron chi connectivity index (χ1n) is 6.78. The summed E-state index contributed by atoms with van der Waals surface area (Å²) in [6.45, 7) is 0.475. The van der Waals surface area contributed by atoms with E-state index in [9.17, 15) is 9.59 Å². The predicted molar refractivity (Wildman–Crippen MR) is 73.7 cm³/mol. The van der Waals surface area contributed by atoms with Gasteiger partial charge in [-0.05, 0) is 18.8 Å². The first-order valence-corrected chi connectivity index (χ1v) is 6.78. The quantitative estimate of drug-likeness (QED) is 0.730. The lowest BCUT2D eigenvalue weighted by molar-refractivity contribution is -0.121. The zero-order valence-corrected chi connectivity index (χ0v) is 11.0. The molecule has 1 aliphatic rings. The van der Waals surface area contributed by atoms with Crippen LogP contribution in [-0.2, 0) is 4.79 Å². The first-order chi connectivity index (χ1) is 9.20. The Morgan fingerprint density at radius 1 is 1.21 bits per heavy atom. The van der Waals surface area contributed by atoms with Gasteiger partial charge in [0.2, 0.25) is 5.91 Å². The zero-order valence-electron chi connectivity index (χ0n) is 11.0. The van der Waals surface area contributed by atoms with E-state index < -0.39 is 0 Å². The van der Waals surface area contributed by atoms with Crippen LogP contribution in [0.2, 0.25) is 0 Å². The molecule has 102 valence electrons. The molecule has 1 amide bonds. The highest BCUT2D eigenvalue weighted by atomic mass is 16.2. The van der Waals surface area contributed by atoms with Gasteiger partial charge in [0.1, 0.15) is 0 Å². The van der Waals surface area contributed by atoms with Crippen LogP contribution in [0.3, 0.4) is 0 Å². The molecule has 0 bridgehead atoms. The van der Waals surface area contributed by atoms with Crippen molar-refractivity contribution in [2.45, 2.75) is 31.7 Å². The van der Waals surface area contributed by atoms with Crippen molar-refractivity contribution in [1.82, 2.24) is 5.32 Å². The van der Waals surface area contributed by atoms with Crippen molar-refractivity contribution in [2.75, 3.05) is 6.54 Å². The molecule has 19 heavy (non-hydrogen) atoms. The van der Waals surface area contributed by atoms with Crippen molar-refractivity contribution >= 4 is 11.7 Å². The summed E-state index contributed by atoms with van der Waals surface area (Å²) in [7, 11) is 0. The Morgan fingerprint density at radius 3 is 2.47 bits per heavy atom. The predicted octanol–water partition coefficient (Wildman–Crippen LogP) is 1.50. The minimum absolute atomic E-state index is 0.00599. The van der Waals surface area contributed by atoms with Crippen LogP contribution in [0.4, 0.5) is 0 Å². The molecule has 1 saturated carbocycles. The lowest BCUT2D eigenvalue weighted by atomic mass is 10.1. The van der Waals surface area contributed by atoms with Crippen molar-refractivity contribution in [2.24, 2.45) is 11.7 Å². The SMILES string of the molecule is NCC(NC(=O)CCC(=O)c1ccccc1)C1CC1. The third-order valence-corrected chi connectivity index (χ3v) is 3.47. The van der Waals surface area contributed by atoms with Gasteiger partial charge >= 0.3 is 0 Å². The molecule has 1 aromatic rings. The fraction of sp³-hybridized carbons (Fsp3) is 0.467. The van der Waals surface area contributed by atoms with Gasteiger partial charge in [-0.15, -0.1) is 0 Å². The van der Waals surface area contributed by atoms with E-state index in [2.05, 4.69) is 5.32 Å². The van der Waals surface area contributed by atoms with E-state index >= 15 is 0 Å². The van der Waals surface area contributed by atoms with Crippen LogP contribution in [0.1, 0.15) is 36.0 Å². The second-order valence-electron chi connectivity index (χ2n) is 5.04. The van der Waals surface area contributed by atoms with E-state index in [0.29, 0.717) is 18.0 Å². The number of carbonyl (C=O) groups excluding carboxylic acids is 2. The summed E-state index contributed by atoms with van der Waals surface area (Å²) in [5.41, 5.74) is 6.29. The maximum absolute atomic E-state index is 11.8. The van der Waals surface area contributed by atoms with Crippen LogP contribution in [0, 0.1) is 5.92 Å². The smallest absolute Gasteiger partial charge is 0.220 e. The monoisotopic (exact) mass is 260 g/mol. The van der Waals surface area contributed by atoms with E-state index in [1.165, 1.54) is 0 Å². The van der Waals surface area contributed by atoms with Crippen molar-refractivity contribution in [3.8, 4) is 0 Å².